The summed E-state index contributed by atoms with van der Waals surface area (Å²) in [6.07, 6.45) is 6.13. The van der Waals surface area contributed by atoms with Gasteiger partial charge in [-0.15, -0.1) is 0 Å². The molecule has 0 amide bonds. The molecule has 1 aromatic rings. The van der Waals surface area contributed by atoms with Crippen LogP contribution in [0, 0.1) is 0 Å². The van der Waals surface area contributed by atoms with Gasteiger partial charge in [0.25, 0.3) is 0 Å². The van der Waals surface area contributed by atoms with Crippen LogP contribution >= 0.6 is 0 Å². The maximum absolute atomic E-state index is 5.24. The molecule has 1 aliphatic rings. The molecule has 3 heteroatoms. The summed E-state index contributed by atoms with van der Waals surface area (Å²) in [5, 5.41) is 0. The monoisotopic (exact) mass is 235 g/mol. The second kappa shape index (κ2) is 6.12. The van der Waals surface area contributed by atoms with E-state index in [1.54, 1.807) is 14.2 Å². The van der Waals surface area contributed by atoms with Gasteiger partial charge in [0, 0.05) is 25.5 Å². The zero-order chi connectivity index (χ0) is 12.1. The predicted molar refractivity (Wildman–Crippen MR) is 66.9 cm³/mol. The number of pyridine rings is 1. The van der Waals surface area contributed by atoms with E-state index in [1.165, 1.54) is 36.1 Å². The molecule has 0 aliphatic heterocycles. The molecule has 1 heterocycles. The van der Waals surface area contributed by atoms with Gasteiger partial charge >= 0.3 is 0 Å². The van der Waals surface area contributed by atoms with Gasteiger partial charge in [0.05, 0.1) is 18.9 Å². The van der Waals surface area contributed by atoms with Crippen molar-refractivity contribution in [2.45, 2.75) is 45.3 Å². The van der Waals surface area contributed by atoms with Gasteiger partial charge < -0.3 is 9.47 Å². The van der Waals surface area contributed by atoms with E-state index in [0.29, 0.717) is 13.2 Å². The highest BCUT2D eigenvalue weighted by Crippen LogP contribution is 2.22. The summed E-state index contributed by atoms with van der Waals surface area (Å²) in [5.74, 6) is 0. The zero-order valence-corrected chi connectivity index (χ0v) is 10.8. The molecule has 0 aromatic carbocycles. The van der Waals surface area contributed by atoms with Crippen molar-refractivity contribution < 1.29 is 9.47 Å². The third kappa shape index (κ3) is 3.05. The Balaban J connectivity index is 2.33. The Labute approximate surface area is 103 Å². The van der Waals surface area contributed by atoms with Crippen molar-refractivity contribution in [2.24, 2.45) is 0 Å². The van der Waals surface area contributed by atoms with E-state index in [0.717, 1.165) is 18.5 Å². The third-order valence-electron chi connectivity index (χ3n) is 3.30. The summed E-state index contributed by atoms with van der Waals surface area (Å²) in [5.41, 5.74) is 4.90. The quantitative estimate of drug-likeness (QED) is 0.752. The van der Waals surface area contributed by atoms with Gasteiger partial charge in [-0.2, -0.15) is 0 Å². The normalized spacial score (nSPS) is 15.4. The Morgan fingerprint density at radius 1 is 1.06 bits per heavy atom. The lowest BCUT2D eigenvalue weighted by Crippen LogP contribution is -2.07. The minimum Gasteiger partial charge on any atom is -0.380 e. The smallest absolute Gasteiger partial charge is 0.0887 e. The van der Waals surface area contributed by atoms with Crippen LogP contribution in [-0.2, 0) is 35.5 Å². The van der Waals surface area contributed by atoms with Crippen LogP contribution in [0.4, 0.5) is 0 Å². The molecule has 3 nitrogen and oxygen atoms in total. The van der Waals surface area contributed by atoms with Gasteiger partial charge in [-0.25, -0.2) is 0 Å². The molecular formula is C14H21NO2. The highest BCUT2D eigenvalue weighted by atomic mass is 16.5. The van der Waals surface area contributed by atoms with Crippen LogP contribution in [0.3, 0.4) is 0 Å². The van der Waals surface area contributed by atoms with Gasteiger partial charge in [0.1, 0.15) is 0 Å². The highest BCUT2D eigenvalue weighted by Gasteiger charge is 2.13. The van der Waals surface area contributed by atoms with Crippen molar-refractivity contribution in [2.75, 3.05) is 14.2 Å². The van der Waals surface area contributed by atoms with Crippen molar-refractivity contribution in [3.8, 4) is 0 Å². The molecule has 0 bridgehead atoms. The Bertz CT molecular complexity index is 342. The zero-order valence-electron chi connectivity index (χ0n) is 10.8. The number of aryl methyl sites for hydroxylation is 2. The molecule has 0 N–H and O–H groups in total. The van der Waals surface area contributed by atoms with Gasteiger partial charge in [-0.05, 0) is 37.3 Å². The van der Waals surface area contributed by atoms with E-state index >= 15 is 0 Å². The molecule has 0 saturated carbocycles. The Morgan fingerprint density at radius 3 is 2.59 bits per heavy atom. The maximum Gasteiger partial charge on any atom is 0.0887 e. The molecule has 2 rings (SSSR count). The fourth-order valence-corrected chi connectivity index (χ4v) is 2.44. The van der Waals surface area contributed by atoms with Crippen LogP contribution in [0.25, 0.3) is 0 Å². The van der Waals surface area contributed by atoms with Crippen molar-refractivity contribution >= 4 is 0 Å². The lowest BCUT2D eigenvalue weighted by molar-refractivity contribution is 0.165. The minimum absolute atomic E-state index is 0.575. The third-order valence-corrected chi connectivity index (χ3v) is 3.30. The molecule has 0 atom stereocenters. The molecule has 1 aromatic heterocycles. The Hall–Kier alpha value is -0.930. The lowest BCUT2D eigenvalue weighted by atomic mass is 10.0. The summed E-state index contributed by atoms with van der Waals surface area (Å²) < 4.78 is 10.5. The summed E-state index contributed by atoms with van der Waals surface area (Å²) in [6.45, 7) is 1.20. The molecule has 0 saturated heterocycles. The molecule has 0 spiro atoms. The first-order chi connectivity index (χ1) is 8.35. The van der Waals surface area contributed by atoms with Crippen molar-refractivity contribution in [1.82, 2.24) is 4.98 Å². The number of fused-ring (bicyclic) bond motifs is 1. The number of nitrogens with zero attached hydrogens (tertiary/aromatic N) is 1. The highest BCUT2D eigenvalue weighted by molar-refractivity contribution is 5.31. The van der Waals surface area contributed by atoms with E-state index in [9.17, 15) is 0 Å². The first-order valence-corrected chi connectivity index (χ1v) is 6.33. The van der Waals surface area contributed by atoms with Gasteiger partial charge in [-0.3, -0.25) is 4.98 Å². The largest absolute Gasteiger partial charge is 0.380 e. The molecule has 94 valence electrons. The van der Waals surface area contributed by atoms with Gasteiger partial charge in [0.2, 0.25) is 0 Å². The van der Waals surface area contributed by atoms with Crippen molar-refractivity contribution in [3.63, 3.8) is 0 Å². The molecule has 0 fully saturated rings. The average Bonchev–Trinajstić information content (AvgIpc) is 2.55. The van der Waals surface area contributed by atoms with Crippen LogP contribution in [0.2, 0.25) is 0 Å². The van der Waals surface area contributed by atoms with Crippen LogP contribution in [-0.4, -0.2) is 19.2 Å². The Morgan fingerprint density at radius 2 is 1.82 bits per heavy atom. The lowest BCUT2D eigenvalue weighted by Gasteiger charge is -2.13. The number of aromatic nitrogens is 1. The van der Waals surface area contributed by atoms with Crippen molar-refractivity contribution in [3.05, 3.63) is 28.6 Å². The first kappa shape index (κ1) is 12.5. The Kier molecular flexibility index (Phi) is 4.51. The minimum atomic E-state index is 0.575. The van der Waals surface area contributed by atoms with E-state index in [4.69, 9.17) is 14.5 Å². The standard InChI is InChI=1S/C14H21NO2/c1-16-9-12-8-11-6-4-3-5-7-13(11)15-14(12)10-17-2/h8H,3-7,9-10H2,1-2H3. The SMILES string of the molecule is COCc1cc2c(nc1COC)CCCCC2. The fourth-order valence-electron chi connectivity index (χ4n) is 2.44. The van der Waals surface area contributed by atoms with Crippen LogP contribution in [0.15, 0.2) is 6.07 Å². The van der Waals surface area contributed by atoms with E-state index in [-0.39, 0.29) is 0 Å². The molecule has 0 unspecified atom stereocenters. The van der Waals surface area contributed by atoms with E-state index in [2.05, 4.69) is 6.07 Å². The fraction of sp³-hybridized carbons (Fsp3) is 0.643. The summed E-state index contributed by atoms with van der Waals surface area (Å²) in [6, 6.07) is 2.27. The van der Waals surface area contributed by atoms with E-state index in [1.807, 2.05) is 0 Å². The maximum atomic E-state index is 5.24. The first-order valence-electron chi connectivity index (χ1n) is 6.33. The van der Waals surface area contributed by atoms with Gasteiger partial charge in [0.15, 0.2) is 0 Å². The summed E-state index contributed by atoms with van der Waals surface area (Å²) >= 11 is 0. The molecule has 1 aliphatic carbocycles. The molecule has 0 radical (unpaired) electrons. The van der Waals surface area contributed by atoms with Crippen LogP contribution in [0.1, 0.15) is 41.8 Å². The van der Waals surface area contributed by atoms with Gasteiger partial charge in [-0.1, -0.05) is 6.42 Å². The van der Waals surface area contributed by atoms with Crippen molar-refractivity contribution in [1.29, 1.82) is 0 Å². The molecular weight excluding hydrogens is 214 g/mol. The number of hydrogen-bond acceptors (Lipinski definition) is 3. The number of hydrogen-bond donors (Lipinski definition) is 0. The predicted octanol–water partition coefficient (Wildman–Crippen LogP) is 2.64. The summed E-state index contributed by atoms with van der Waals surface area (Å²) in [4.78, 5) is 4.78. The second-order valence-corrected chi connectivity index (χ2v) is 4.63. The number of methoxy groups -OCH3 is 2. The number of rotatable bonds is 4. The van der Waals surface area contributed by atoms with Crippen LogP contribution in [0.5, 0.6) is 0 Å². The van der Waals surface area contributed by atoms with Crippen LogP contribution < -0.4 is 0 Å². The number of ether oxygens (including phenoxy) is 2. The molecule has 17 heavy (non-hydrogen) atoms. The summed E-state index contributed by atoms with van der Waals surface area (Å²) in [7, 11) is 3.44. The topological polar surface area (TPSA) is 31.4 Å². The second-order valence-electron chi connectivity index (χ2n) is 4.63. The average molecular weight is 235 g/mol. The van der Waals surface area contributed by atoms with E-state index < -0.39 is 0 Å².